The first kappa shape index (κ1) is 24.5. The molecule has 2 aromatic carbocycles. The lowest BCUT2D eigenvalue weighted by molar-refractivity contribution is -0.137. The summed E-state index contributed by atoms with van der Waals surface area (Å²) in [6.07, 6.45) is 2.65. The van der Waals surface area contributed by atoms with Crippen molar-refractivity contribution in [1.29, 1.82) is 0 Å². The minimum Gasteiger partial charge on any atom is -0.481 e. The number of hydrogen-bond acceptors (Lipinski definition) is 5. The van der Waals surface area contributed by atoms with Crippen LogP contribution in [0.5, 0.6) is 0 Å². The Hall–Kier alpha value is -3.10. The molecule has 0 radical (unpaired) electrons. The molecule has 0 aliphatic carbocycles. The number of amides is 2. The molecule has 0 saturated heterocycles. The Labute approximate surface area is 201 Å². The summed E-state index contributed by atoms with van der Waals surface area (Å²) in [5.41, 5.74) is 1.58. The summed E-state index contributed by atoms with van der Waals surface area (Å²) in [6, 6.07) is 10.6. The maximum Gasteiger partial charge on any atom is 0.305 e. The van der Waals surface area contributed by atoms with Gasteiger partial charge in [0.15, 0.2) is 0 Å². The molecule has 2 amide bonds. The van der Waals surface area contributed by atoms with Crippen molar-refractivity contribution >= 4 is 52.5 Å². The van der Waals surface area contributed by atoms with E-state index >= 15 is 0 Å². The van der Waals surface area contributed by atoms with E-state index in [1.54, 1.807) is 18.2 Å². The van der Waals surface area contributed by atoms with Gasteiger partial charge in [-0.25, -0.2) is 0 Å². The molecule has 8 nitrogen and oxygen atoms in total. The van der Waals surface area contributed by atoms with E-state index in [0.717, 1.165) is 37.3 Å². The monoisotopic (exact) mass is 490 g/mol. The molecule has 0 bridgehead atoms. The Morgan fingerprint density at radius 3 is 2.48 bits per heavy atom. The van der Waals surface area contributed by atoms with Crippen LogP contribution in [-0.4, -0.2) is 41.8 Å². The third-order valence-corrected chi connectivity index (χ3v) is 5.38. The highest BCUT2D eigenvalue weighted by Gasteiger charge is 2.20. The zero-order valence-corrected chi connectivity index (χ0v) is 19.2. The first-order valence-electron chi connectivity index (χ1n) is 10.5. The van der Waals surface area contributed by atoms with E-state index in [0.29, 0.717) is 21.2 Å². The van der Waals surface area contributed by atoms with Crippen molar-refractivity contribution in [3.63, 3.8) is 0 Å². The van der Waals surface area contributed by atoms with Gasteiger partial charge in [0.25, 0.3) is 5.91 Å². The summed E-state index contributed by atoms with van der Waals surface area (Å²) in [5.74, 6) is -1.19. The second kappa shape index (κ2) is 11.7. The molecule has 0 spiro atoms. The van der Waals surface area contributed by atoms with Gasteiger partial charge in [0.05, 0.1) is 19.0 Å². The van der Waals surface area contributed by atoms with Gasteiger partial charge in [-0.05, 0) is 54.8 Å². The molecule has 1 heterocycles. The minimum absolute atomic E-state index is 0.322. The SMILES string of the molecule is O=C(O)CC(NC(=O)CNC(=O)c1cccc(NC2=NCCCC2)c1)c1cc(Cl)cc(Cl)c1. The van der Waals surface area contributed by atoms with Crippen LogP contribution in [0.1, 0.15) is 47.6 Å². The molecule has 33 heavy (non-hydrogen) atoms. The van der Waals surface area contributed by atoms with Gasteiger partial charge < -0.3 is 21.1 Å². The minimum atomic E-state index is -1.10. The summed E-state index contributed by atoms with van der Waals surface area (Å²) < 4.78 is 0. The van der Waals surface area contributed by atoms with Crippen LogP contribution in [0.3, 0.4) is 0 Å². The molecule has 1 aliphatic rings. The average Bonchev–Trinajstić information content (AvgIpc) is 2.77. The molecular formula is C23H24Cl2N4O4. The number of carbonyl (C=O) groups is 3. The number of carbonyl (C=O) groups excluding carboxylic acids is 2. The van der Waals surface area contributed by atoms with Crippen molar-refractivity contribution in [2.24, 2.45) is 4.99 Å². The largest absolute Gasteiger partial charge is 0.481 e. The second-order valence-electron chi connectivity index (χ2n) is 7.59. The summed E-state index contributed by atoms with van der Waals surface area (Å²) in [6.45, 7) is 0.468. The third-order valence-electron chi connectivity index (χ3n) is 4.95. The number of halogens is 2. The molecule has 0 saturated carbocycles. The van der Waals surface area contributed by atoms with Crippen molar-refractivity contribution in [2.75, 3.05) is 18.4 Å². The Kier molecular flexibility index (Phi) is 8.68. The first-order valence-corrected chi connectivity index (χ1v) is 11.2. The summed E-state index contributed by atoms with van der Waals surface area (Å²) >= 11 is 12.0. The van der Waals surface area contributed by atoms with E-state index in [9.17, 15) is 19.5 Å². The quantitative estimate of drug-likeness (QED) is 0.444. The fraction of sp³-hybridized carbons (Fsp3) is 0.304. The fourth-order valence-corrected chi connectivity index (χ4v) is 3.96. The van der Waals surface area contributed by atoms with Crippen LogP contribution in [0.4, 0.5) is 5.69 Å². The molecule has 1 aliphatic heterocycles. The first-order chi connectivity index (χ1) is 15.8. The topological polar surface area (TPSA) is 120 Å². The van der Waals surface area contributed by atoms with E-state index in [1.807, 2.05) is 6.07 Å². The van der Waals surface area contributed by atoms with Crippen molar-refractivity contribution in [2.45, 2.75) is 31.7 Å². The Morgan fingerprint density at radius 2 is 1.82 bits per heavy atom. The molecule has 10 heteroatoms. The van der Waals surface area contributed by atoms with Gasteiger partial charge in [-0.2, -0.15) is 0 Å². The van der Waals surface area contributed by atoms with Gasteiger partial charge in [0.2, 0.25) is 5.91 Å². The Balaban J connectivity index is 1.59. The van der Waals surface area contributed by atoms with E-state index in [4.69, 9.17) is 23.2 Å². The van der Waals surface area contributed by atoms with Gasteiger partial charge in [0, 0.05) is 34.3 Å². The fourth-order valence-electron chi connectivity index (χ4n) is 3.42. The number of nitrogens with one attached hydrogen (secondary N) is 3. The molecular weight excluding hydrogens is 467 g/mol. The van der Waals surface area contributed by atoms with Gasteiger partial charge in [0.1, 0.15) is 5.84 Å². The lowest BCUT2D eigenvalue weighted by atomic mass is 10.0. The highest BCUT2D eigenvalue weighted by molar-refractivity contribution is 6.34. The van der Waals surface area contributed by atoms with Crippen LogP contribution < -0.4 is 16.0 Å². The number of benzene rings is 2. The van der Waals surface area contributed by atoms with Crippen LogP contribution in [0, 0.1) is 0 Å². The van der Waals surface area contributed by atoms with Gasteiger partial charge in [-0.3, -0.25) is 19.4 Å². The standard InChI is InChI=1S/C23H24Cl2N4O4/c24-16-8-15(9-17(25)11-16)19(12-22(31)32)29-21(30)13-27-23(33)14-4-3-5-18(10-14)28-20-6-1-2-7-26-20/h3-5,8-11,19H,1-2,6-7,12-13H2,(H,26,28)(H,27,33)(H,29,30)(H,31,32). The van der Waals surface area contributed by atoms with Crippen LogP contribution in [-0.2, 0) is 9.59 Å². The summed E-state index contributed by atoms with van der Waals surface area (Å²) in [5, 5.41) is 18.2. The second-order valence-corrected chi connectivity index (χ2v) is 8.47. The predicted octanol–water partition coefficient (Wildman–Crippen LogP) is 4.05. The molecule has 1 unspecified atom stereocenters. The zero-order valence-electron chi connectivity index (χ0n) is 17.7. The number of carboxylic acids is 1. The molecule has 2 aromatic rings. The molecule has 0 fully saturated rings. The highest BCUT2D eigenvalue weighted by atomic mass is 35.5. The molecule has 174 valence electrons. The third kappa shape index (κ3) is 7.76. The van der Waals surface area contributed by atoms with Crippen LogP contribution in [0.15, 0.2) is 47.5 Å². The number of aliphatic carboxylic acids is 1. The normalized spacial score (nSPS) is 14.1. The number of anilines is 1. The molecule has 1 atom stereocenters. The maximum atomic E-state index is 12.5. The Bertz CT molecular complexity index is 1050. The van der Waals surface area contributed by atoms with Gasteiger partial charge in [-0.1, -0.05) is 29.3 Å². The number of rotatable bonds is 8. The lowest BCUT2D eigenvalue weighted by Gasteiger charge is -2.18. The number of nitrogens with zero attached hydrogens (tertiary/aromatic N) is 1. The highest BCUT2D eigenvalue weighted by Crippen LogP contribution is 2.25. The predicted molar refractivity (Wildman–Crippen MR) is 128 cm³/mol. The van der Waals surface area contributed by atoms with Crippen LogP contribution in [0.2, 0.25) is 10.0 Å². The van der Waals surface area contributed by atoms with Gasteiger partial charge >= 0.3 is 5.97 Å². The van der Waals surface area contributed by atoms with E-state index < -0.39 is 23.8 Å². The van der Waals surface area contributed by atoms with E-state index in [-0.39, 0.29) is 13.0 Å². The van der Waals surface area contributed by atoms with Crippen LogP contribution in [0.25, 0.3) is 0 Å². The smallest absolute Gasteiger partial charge is 0.305 e. The van der Waals surface area contributed by atoms with Crippen molar-refractivity contribution in [3.8, 4) is 0 Å². The molecule has 4 N–H and O–H groups in total. The van der Waals surface area contributed by atoms with E-state index in [2.05, 4.69) is 20.9 Å². The van der Waals surface area contributed by atoms with Crippen molar-refractivity contribution < 1.29 is 19.5 Å². The maximum absolute atomic E-state index is 12.5. The number of aliphatic imine (C=N–C) groups is 1. The van der Waals surface area contributed by atoms with E-state index in [1.165, 1.54) is 18.2 Å². The molecule has 3 rings (SSSR count). The zero-order chi connectivity index (χ0) is 23.8. The molecule has 0 aromatic heterocycles. The van der Waals surface area contributed by atoms with Gasteiger partial charge in [-0.15, -0.1) is 0 Å². The summed E-state index contributed by atoms with van der Waals surface area (Å²) in [7, 11) is 0. The number of hydrogen-bond donors (Lipinski definition) is 4. The number of carboxylic acid groups (broad SMARTS) is 1. The average molecular weight is 491 g/mol. The summed E-state index contributed by atoms with van der Waals surface area (Å²) in [4.78, 5) is 40.7. The number of amidine groups is 1. The Morgan fingerprint density at radius 1 is 1.06 bits per heavy atom. The van der Waals surface area contributed by atoms with Crippen molar-refractivity contribution in [1.82, 2.24) is 10.6 Å². The van der Waals surface area contributed by atoms with Crippen LogP contribution >= 0.6 is 23.2 Å². The van der Waals surface area contributed by atoms with Crippen molar-refractivity contribution in [3.05, 3.63) is 63.6 Å². The lowest BCUT2D eigenvalue weighted by Crippen LogP contribution is -2.39.